The largest absolute Gasteiger partial charge is 0.482 e. The molecule has 0 aliphatic carbocycles. The van der Waals surface area contributed by atoms with Crippen molar-refractivity contribution in [2.45, 2.75) is 0 Å². The van der Waals surface area contributed by atoms with Gasteiger partial charge in [-0.1, -0.05) is 29.8 Å². The Labute approximate surface area is 137 Å². The molecule has 2 rings (SSSR count). The van der Waals surface area contributed by atoms with E-state index < -0.39 is 12.6 Å². The second-order valence-electron chi connectivity index (χ2n) is 4.48. The number of hydrogen-bond acceptors (Lipinski definition) is 4. The minimum absolute atomic E-state index is 0.204. The maximum atomic E-state index is 11.9. The predicted molar refractivity (Wildman–Crippen MR) is 85.1 cm³/mol. The third-order valence-corrected chi connectivity index (χ3v) is 2.99. The maximum Gasteiger partial charge on any atom is 0.341 e. The van der Waals surface area contributed by atoms with Crippen molar-refractivity contribution in [2.24, 2.45) is 0 Å². The molecule has 120 valence electrons. The number of carbonyl (C=O) groups excluding carboxylic acids is 1. The Balaban J connectivity index is 1.89. The Morgan fingerprint density at radius 1 is 1.04 bits per heavy atom. The summed E-state index contributed by atoms with van der Waals surface area (Å²) >= 11 is 5.93. The van der Waals surface area contributed by atoms with Crippen LogP contribution in [0.15, 0.2) is 48.5 Å². The normalized spacial score (nSPS) is 9.96. The number of halogens is 1. The van der Waals surface area contributed by atoms with Crippen LogP contribution < -0.4 is 14.8 Å². The molecule has 6 nitrogen and oxygen atoms in total. The molecule has 1 amide bonds. The van der Waals surface area contributed by atoms with Gasteiger partial charge in [-0.15, -0.1) is 0 Å². The highest BCUT2D eigenvalue weighted by Crippen LogP contribution is 2.23. The average molecular weight is 336 g/mol. The van der Waals surface area contributed by atoms with Crippen molar-refractivity contribution >= 4 is 29.2 Å². The van der Waals surface area contributed by atoms with Gasteiger partial charge in [-0.2, -0.15) is 0 Å². The molecule has 0 saturated carbocycles. The number of benzene rings is 2. The molecule has 0 radical (unpaired) electrons. The fraction of sp³-hybridized carbons (Fsp3) is 0.125. The van der Waals surface area contributed by atoms with Gasteiger partial charge in [0.1, 0.15) is 11.5 Å². The number of ether oxygens (including phenoxy) is 2. The van der Waals surface area contributed by atoms with Gasteiger partial charge in [-0.05, 0) is 24.3 Å². The number of carboxylic acid groups (broad SMARTS) is 1. The first kappa shape index (κ1) is 16.6. The minimum Gasteiger partial charge on any atom is -0.482 e. The topological polar surface area (TPSA) is 84.9 Å². The highest BCUT2D eigenvalue weighted by molar-refractivity contribution is 6.32. The van der Waals surface area contributed by atoms with E-state index in [1.54, 1.807) is 42.5 Å². The molecule has 0 heterocycles. The minimum atomic E-state index is -1.08. The van der Waals surface area contributed by atoms with Crippen LogP contribution in [0.2, 0.25) is 5.02 Å². The van der Waals surface area contributed by atoms with E-state index in [0.717, 1.165) is 0 Å². The summed E-state index contributed by atoms with van der Waals surface area (Å²) < 4.78 is 10.4. The summed E-state index contributed by atoms with van der Waals surface area (Å²) in [5.74, 6) is -0.687. The standard InChI is InChI=1S/C16H14ClNO5/c17-13-6-1-2-7-14(13)23-9-15(19)18-11-4-3-5-12(8-11)22-10-16(20)21/h1-8H,9-10H2,(H,18,19)(H,20,21). The predicted octanol–water partition coefficient (Wildman–Crippen LogP) is 2.82. The fourth-order valence-electron chi connectivity index (χ4n) is 1.71. The number of aliphatic carboxylic acids is 1. The first-order valence-electron chi connectivity index (χ1n) is 6.66. The van der Waals surface area contributed by atoms with E-state index in [1.807, 2.05) is 0 Å². The van der Waals surface area contributed by atoms with Crippen molar-refractivity contribution in [3.05, 3.63) is 53.6 Å². The van der Waals surface area contributed by atoms with Gasteiger partial charge in [0.2, 0.25) is 0 Å². The molecule has 0 fully saturated rings. The Morgan fingerprint density at radius 2 is 1.83 bits per heavy atom. The summed E-state index contributed by atoms with van der Waals surface area (Å²) in [5, 5.41) is 11.6. The van der Waals surface area contributed by atoms with Crippen LogP contribution in [0.1, 0.15) is 0 Å². The lowest BCUT2D eigenvalue weighted by Gasteiger charge is -2.10. The number of nitrogens with one attached hydrogen (secondary N) is 1. The zero-order chi connectivity index (χ0) is 16.7. The smallest absolute Gasteiger partial charge is 0.341 e. The third-order valence-electron chi connectivity index (χ3n) is 2.68. The molecule has 23 heavy (non-hydrogen) atoms. The number of para-hydroxylation sites is 1. The molecule has 2 aromatic rings. The first-order chi connectivity index (χ1) is 11.0. The van der Waals surface area contributed by atoms with E-state index in [2.05, 4.69) is 5.32 Å². The number of hydrogen-bond donors (Lipinski definition) is 2. The van der Waals surface area contributed by atoms with E-state index in [-0.39, 0.29) is 12.5 Å². The molecule has 0 bridgehead atoms. The molecule has 0 saturated heterocycles. The second kappa shape index (κ2) is 8.05. The molecule has 0 aliphatic rings. The van der Waals surface area contributed by atoms with Gasteiger partial charge in [-0.3, -0.25) is 4.79 Å². The van der Waals surface area contributed by atoms with E-state index >= 15 is 0 Å². The van der Waals surface area contributed by atoms with Crippen molar-refractivity contribution < 1.29 is 24.2 Å². The Morgan fingerprint density at radius 3 is 2.57 bits per heavy atom. The van der Waals surface area contributed by atoms with Crippen LogP contribution in [0.25, 0.3) is 0 Å². The van der Waals surface area contributed by atoms with Gasteiger partial charge < -0.3 is 19.9 Å². The SMILES string of the molecule is O=C(O)COc1cccc(NC(=O)COc2ccccc2Cl)c1. The van der Waals surface area contributed by atoms with Crippen LogP contribution in [0.5, 0.6) is 11.5 Å². The number of rotatable bonds is 7. The van der Waals surface area contributed by atoms with Crippen LogP contribution in [0.4, 0.5) is 5.69 Å². The van der Waals surface area contributed by atoms with Gasteiger partial charge >= 0.3 is 5.97 Å². The molecule has 0 atom stereocenters. The summed E-state index contributed by atoms with van der Waals surface area (Å²) in [6, 6.07) is 13.3. The van der Waals surface area contributed by atoms with E-state index in [0.29, 0.717) is 22.2 Å². The van der Waals surface area contributed by atoms with Crippen molar-refractivity contribution in [3.63, 3.8) is 0 Å². The van der Waals surface area contributed by atoms with Gasteiger partial charge in [0.25, 0.3) is 5.91 Å². The summed E-state index contributed by atoms with van der Waals surface area (Å²) in [6.45, 7) is -0.656. The highest BCUT2D eigenvalue weighted by Gasteiger charge is 2.07. The van der Waals surface area contributed by atoms with Crippen LogP contribution in [-0.2, 0) is 9.59 Å². The lowest BCUT2D eigenvalue weighted by molar-refractivity contribution is -0.139. The molecular weight excluding hydrogens is 322 g/mol. The zero-order valence-corrected chi connectivity index (χ0v) is 12.7. The summed E-state index contributed by atoms with van der Waals surface area (Å²) in [7, 11) is 0. The van der Waals surface area contributed by atoms with E-state index in [4.69, 9.17) is 26.2 Å². The summed E-state index contributed by atoms with van der Waals surface area (Å²) in [6.07, 6.45) is 0. The third kappa shape index (κ3) is 5.52. The summed E-state index contributed by atoms with van der Waals surface area (Å²) in [4.78, 5) is 22.3. The van der Waals surface area contributed by atoms with Crippen molar-refractivity contribution in [1.29, 1.82) is 0 Å². The molecule has 2 N–H and O–H groups in total. The second-order valence-corrected chi connectivity index (χ2v) is 4.88. The Kier molecular flexibility index (Phi) is 5.82. The average Bonchev–Trinajstić information content (AvgIpc) is 2.52. The quantitative estimate of drug-likeness (QED) is 0.812. The van der Waals surface area contributed by atoms with Crippen LogP contribution in [0.3, 0.4) is 0 Å². The Bertz CT molecular complexity index is 704. The lowest BCUT2D eigenvalue weighted by atomic mass is 10.3. The van der Waals surface area contributed by atoms with Crippen LogP contribution in [-0.4, -0.2) is 30.2 Å². The summed E-state index contributed by atoms with van der Waals surface area (Å²) in [5.41, 5.74) is 0.473. The fourth-order valence-corrected chi connectivity index (χ4v) is 1.90. The van der Waals surface area contributed by atoms with Gasteiger partial charge in [-0.25, -0.2) is 4.79 Å². The van der Waals surface area contributed by atoms with Crippen molar-refractivity contribution in [2.75, 3.05) is 18.5 Å². The number of anilines is 1. The molecule has 0 aliphatic heterocycles. The molecule has 7 heteroatoms. The van der Waals surface area contributed by atoms with Crippen molar-refractivity contribution in [1.82, 2.24) is 0 Å². The molecule has 0 spiro atoms. The van der Waals surface area contributed by atoms with Gasteiger partial charge in [0.05, 0.1) is 5.02 Å². The monoisotopic (exact) mass is 335 g/mol. The van der Waals surface area contributed by atoms with Crippen LogP contribution in [0, 0.1) is 0 Å². The van der Waals surface area contributed by atoms with E-state index in [9.17, 15) is 9.59 Å². The lowest BCUT2D eigenvalue weighted by Crippen LogP contribution is -2.20. The molecule has 2 aromatic carbocycles. The Hall–Kier alpha value is -2.73. The van der Waals surface area contributed by atoms with Crippen molar-refractivity contribution in [3.8, 4) is 11.5 Å². The molecule has 0 unspecified atom stereocenters. The van der Waals surface area contributed by atoms with Gasteiger partial charge in [0, 0.05) is 11.8 Å². The van der Waals surface area contributed by atoms with Crippen LogP contribution >= 0.6 is 11.6 Å². The zero-order valence-electron chi connectivity index (χ0n) is 12.0. The highest BCUT2D eigenvalue weighted by atomic mass is 35.5. The van der Waals surface area contributed by atoms with E-state index in [1.165, 1.54) is 6.07 Å². The molecule has 0 aromatic heterocycles. The number of carbonyl (C=O) groups is 2. The maximum absolute atomic E-state index is 11.9. The number of amides is 1. The first-order valence-corrected chi connectivity index (χ1v) is 7.04. The molecular formula is C16H14ClNO5. The number of carboxylic acids is 1. The van der Waals surface area contributed by atoms with Gasteiger partial charge in [0.15, 0.2) is 13.2 Å².